The van der Waals surface area contributed by atoms with Crippen LogP contribution in [0.4, 0.5) is 16.2 Å². The number of rotatable bonds is 16. The summed E-state index contributed by atoms with van der Waals surface area (Å²) < 4.78 is 55.3. The lowest BCUT2D eigenvalue weighted by Gasteiger charge is -2.20. The number of carbonyl (C=O) groups is 3. The fourth-order valence-corrected chi connectivity index (χ4v) is 5.18. The molecule has 0 bridgehead atoms. The number of amides is 1. The van der Waals surface area contributed by atoms with Crippen LogP contribution in [0.2, 0.25) is 0 Å². The molecule has 2 N–H and O–H groups in total. The van der Waals surface area contributed by atoms with Crippen LogP contribution in [-0.2, 0) is 29.0 Å². The van der Waals surface area contributed by atoms with Crippen molar-refractivity contribution < 1.29 is 51.4 Å². The van der Waals surface area contributed by atoms with E-state index in [1.165, 1.54) is 54.6 Å². The first-order chi connectivity index (χ1) is 23.6. The fraction of sp³-hybridized carbons (Fsp3) is 0.324. The summed E-state index contributed by atoms with van der Waals surface area (Å²) in [5, 5.41) is 14.3. The van der Waals surface area contributed by atoms with Gasteiger partial charge in [-0.3, -0.25) is 14.8 Å². The van der Waals surface area contributed by atoms with Gasteiger partial charge < -0.3 is 29.0 Å². The summed E-state index contributed by atoms with van der Waals surface area (Å²) >= 11 is 0. The van der Waals surface area contributed by atoms with E-state index in [4.69, 9.17) is 23.7 Å². The van der Waals surface area contributed by atoms with Gasteiger partial charge in [0.05, 0.1) is 46.4 Å². The summed E-state index contributed by atoms with van der Waals surface area (Å²) in [6, 6.07) is 13.8. The number of ether oxygens (including phenoxy) is 5. The molecule has 268 valence electrons. The Hall–Kier alpha value is -5.64. The number of alkyl carbamates (subject to hydrolysis) is 1. The minimum atomic E-state index is -4.15. The van der Waals surface area contributed by atoms with E-state index in [9.17, 15) is 32.9 Å². The minimum absolute atomic E-state index is 0.0213. The van der Waals surface area contributed by atoms with E-state index in [0.29, 0.717) is 5.56 Å². The molecule has 0 fully saturated rings. The molecule has 0 aliphatic heterocycles. The van der Waals surface area contributed by atoms with Crippen molar-refractivity contribution in [3.63, 3.8) is 0 Å². The molecule has 3 rings (SSSR count). The number of benzene rings is 3. The monoisotopic (exact) mass is 713 g/mol. The number of esters is 2. The Balaban J connectivity index is 1.86. The van der Waals surface area contributed by atoms with E-state index in [1.54, 1.807) is 46.8 Å². The van der Waals surface area contributed by atoms with Crippen LogP contribution in [0.15, 0.2) is 65.6 Å². The Morgan fingerprint density at radius 1 is 0.900 bits per heavy atom. The van der Waals surface area contributed by atoms with Crippen LogP contribution in [0.3, 0.4) is 0 Å². The first-order valence-corrected chi connectivity index (χ1v) is 16.9. The molecule has 50 heavy (non-hydrogen) atoms. The van der Waals surface area contributed by atoms with Crippen molar-refractivity contribution >= 4 is 51.6 Å². The zero-order valence-electron chi connectivity index (χ0n) is 28.2. The summed E-state index contributed by atoms with van der Waals surface area (Å²) in [5.74, 6) is -0.915. The Morgan fingerprint density at radius 2 is 1.60 bits per heavy atom. The van der Waals surface area contributed by atoms with Gasteiger partial charge >= 0.3 is 18.0 Å². The highest BCUT2D eigenvalue weighted by Crippen LogP contribution is 2.30. The van der Waals surface area contributed by atoms with E-state index in [0.717, 1.165) is 6.07 Å². The zero-order valence-corrected chi connectivity index (χ0v) is 29.0. The lowest BCUT2D eigenvalue weighted by molar-refractivity contribution is -0.385. The highest BCUT2D eigenvalue weighted by Gasteiger charge is 2.20. The number of nitro benzene ring substituents is 1. The van der Waals surface area contributed by atoms with Gasteiger partial charge in [0, 0.05) is 6.07 Å². The van der Waals surface area contributed by atoms with Crippen LogP contribution in [0.25, 0.3) is 12.2 Å². The summed E-state index contributed by atoms with van der Waals surface area (Å²) in [7, 11) is -4.15. The average molecular weight is 714 g/mol. The van der Waals surface area contributed by atoms with Gasteiger partial charge in [0.15, 0.2) is 6.61 Å². The summed E-state index contributed by atoms with van der Waals surface area (Å²) in [6.45, 7) is 8.35. The van der Waals surface area contributed by atoms with Gasteiger partial charge in [-0.2, -0.15) is 0 Å². The smallest absolute Gasteiger partial charge is 0.407 e. The Morgan fingerprint density at radius 3 is 2.24 bits per heavy atom. The van der Waals surface area contributed by atoms with Gasteiger partial charge in [0.25, 0.3) is 15.7 Å². The van der Waals surface area contributed by atoms with Gasteiger partial charge in [0.1, 0.15) is 23.7 Å². The number of nitrogens with one attached hydrogen (secondary N) is 2. The average Bonchev–Trinajstić information content (AvgIpc) is 3.05. The van der Waals surface area contributed by atoms with Crippen molar-refractivity contribution in [3.05, 3.63) is 87.5 Å². The number of carbonyl (C=O) groups excluding carboxylic acids is 3. The van der Waals surface area contributed by atoms with E-state index in [2.05, 4.69) is 10.0 Å². The lowest BCUT2D eigenvalue weighted by atomic mass is 10.1. The van der Waals surface area contributed by atoms with Crippen molar-refractivity contribution in [2.75, 3.05) is 37.7 Å². The molecular weight excluding hydrogens is 674 g/mol. The minimum Gasteiger partial charge on any atom is -0.490 e. The second-order valence-electron chi connectivity index (χ2n) is 11.3. The molecule has 1 amide bonds. The Bertz CT molecular complexity index is 1820. The summed E-state index contributed by atoms with van der Waals surface area (Å²) in [6.07, 6.45) is 2.35. The molecule has 0 aromatic heterocycles. The Kier molecular flexibility index (Phi) is 13.7. The predicted octanol–water partition coefficient (Wildman–Crippen LogP) is 5.59. The van der Waals surface area contributed by atoms with Crippen LogP contribution < -0.4 is 19.5 Å². The third-order valence-corrected chi connectivity index (χ3v) is 7.65. The Labute approximate surface area is 289 Å². The molecule has 16 heteroatoms. The number of sulfonamides is 1. The van der Waals surface area contributed by atoms with Crippen molar-refractivity contribution in [2.45, 2.75) is 45.1 Å². The lowest BCUT2D eigenvalue weighted by Crippen LogP contribution is -2.34. The van der Waals surface area contributed by atoms with Gasteiger partial charge in [0.2, 0.25) is 0 Å². The van der Waals surface area contributed by atoms with Crippen molar-refractivity contribution in [3.8, 4) is 11.5 Å². The van der Waals surface area contributed by atoms with Crippen molar-refractivity contribution in [2.24, 2.45) is 0 Å². The number of hydrogen-bond acceptors (Lipinski definition) is 12. The molecule has 0 saturated carbocycles. The van der Waals surface area contributed by atoms with Gasteiger partial charge in [-0.1, -0.05) is 12.1 Å². The van der Waals surface area contributed by atoms with Crippen LogP contribution in [-0.4, -0.2) is 69.9 Å². The molecule has 0 radical (unpaired) electrons. The topological polar surface area (TPSA) is 199 Å². The second kappa shape index (κ2) is 17.7. The normalized spacial score (nSPS) is 11.4. The molecule has 3 aromatic carbocycles. The maximum Gasteiger partial charge on any atom is 0.407 e. The van der Waals surface area contributed by atoms with Gasteiger partial charge in [-0.05, 0) is 94.8 Å². The molecule has 0 spiro atoms. The SMILES string of the molecule is CCOC(=O)COc1ccc(S(=O)(=O)Nc2ccc(/C=C/c3ccc(C(=O)OCC)cc3[N+](=O)[O-])cc2OCCNC(=O)OC(C)(C)C)cc1. The standard InChI is InChI=1S/C34H39N3O12S/c1-6-45-31(38)22-48-26-13-15-27(16-14-26)50(43,44)36-28-17-9-23(20-30(28)47-19-18-35-33(40)49-34(3,4)5)8-10-24-11-12-25(32(39)46-7-2)21-29(24)37(41)42/h8-17,20-21,36H,6-7,18-19,22H2,1-5H3,(H,35,40)/b10-8+. The molecule has 0 atom stereocenters. The molecule has 3 aromatic rings. The highest BCUT2D eigenvalue weighted by molar-refractivity contribution is 7.92. The first kappa shape index (κ1) is 38.8. The van der Waals surface area contributed by atoms with Crippen LogP contribution in [0, 0.1) is 10.1 Å². The van der Waals surface area contributed by atoms with Crippen molar-refractivity contribution in [1.82, 2.24) is 5.32 Å². The quantitative estimate of drug-likeness (QED) is 0.0467. The molecule has 0 heterocycles. The third-order valence-electron chi connectivity index (χ3n) is 6.27. The van der Waals surface area contributed by atoms with Gasteiger partial charge in [-0.15, -0.1) is 0 Å². The van der Waals surface area contributed by atoms with Gasteiger partial charge in [-0.25, -0.2) is 22.8 Å². The first-order valence-electron chi connectivity index (χ1n) is 15.4. The van der Waals surface area contributed by atoms with Crippen molar-refractivity contribution in [1.29, 1.82) is 0 Å². The number of anilines is 1. The third kappa shape index (κ3) is 12.1. The van der Waals surface area contributed by atoms with Crippen LogP contribution in [0.1, 0.15) is 56.1 Å². The molecule has 0 unspecified atom stereocenters. The molecule has 0 aliphatic carbocycles. The number of hydrogen-bond donors (Lipinski definition) is 2. The number of nitro groups is 1. The van der Waals surface area contributed by atoms with Crippen LogP contribution >= 0.6 is 0 Å². The van der Waals surface area contributed by atoms with E-state index < -0.39 is 38.6 Å². The molecule has 0 aliphatic rings. The largest absolute Gasteiger partial charge is 0.490 e. The van der Waals surface area contributed by atoms with E-state index in [1.807, 2.05) is 0 Å². The van der Waals surface area contributed by atoms with Crippen LogP contribution in [0.5, 0.6) is 11.5 Å². The predicted molar refractivity (Wildman–Crippen MR) is 184 cm³/mol. The molecule has 0 saturated heterocycles. The molecular formula is C34H39N3O12S. The highest BCUT2D eigenvalue weighted by atomic mass is 32.2. The summed E-state index contributed by atoms with van der Waals surface area (Å²) in [5.41, 5.74) is -0.260. The number of nitrogens with zero attached hydrogens (tertiary/aromatic N) is 1. The molecule has 15 nitrogen and oxygen atoms in total. The fourth-order valence-electron chi connectivity index (χ4n) is 4.11. The second-order valence-corrected chi connectivity index (χ2v) is 13.0. The zero-order chi connectivity index (χ0) is 36.9. The van der Waals surface area contributed by atoms with E-state index >= 15 is 0 Å². The van der Waals surface area contributed by atoms with E-state index in [-0.39, 0.29) is 71.9 Å². The summed E-state index contributed by atoms with van der Waals surface area (Å²) in [4.78, 5) is 46.7. The maximum absolute atomic E-state index is 13.3. The maximum atomic E-state index is 13.3.